The van der Waals surface area contributed by atoms with Gasteiger partial charge in [-0.15, -0.1) is 0 Å². The molecule has 0 heterocycles. The van der Waals surface area contributed by atoms with Gasteiger partial charge in [0.2, 0.25) is 0 Å². The van der Waals surface area contributed by atoms with Crippen LogP contribution < -0.4 is 5.32 Å². The zero-order chi connectivity index (χ0) is 10.0. The summed E-state index contributed by atoms with van der Waals surface area (Å²) in [4.78, 5) is 0. The van der Waals surface area contributed by atoms with E-state index in [4.69, 9.17) is 0 Å². The molecule has 14 heavy (non-hydrogen) atoms. The lowest BCUT2D eigenvalue weighted by Crippen LogP contribution is -2.21. The van der Waals surface area contributed by atoms with E-state index in [1.165, 1.54) is 25.0 Å². The molecule has 1 aromatic rings. The van der Waals surface area contributed by atoms with Crippen LogP contribution in [0.25, 0.3) is 0 Å². The Morgan fingerprint density at radius 3 is 2.50 bits per heavy atom. The topological polar surface area (TPSA) is 12.0 Å². The van der Waals surface area contributed by atoms with Gasteiger partial charge >= 0.3 is 0 Å². The lowest BCUT2D eigenvalue weighted by molar-refractivity contribution is 0.499. The summed E-state index contributed by atoms with van der Waals surface area (Å²) in [5.41, 5.74) is 1.69. The van der Waals surface area contributed by atoms with E-state index in [0.29, 0.717) is 5.41 Å². The Labute approximate surface area is 84.3 Å². The predicted octanol–water partition coefficient (Wildman–Crippen LogP) is 2.72. The fourth-order valence-corrected chi connectivity index (χ4v) is 1.50. The van der Waals surface area contributed by atoms with Crippen LogP contribution in [0.3, 0.4) is 0 Å². The number of rotatable bonds is 4. The van der Waals surface area contributed by atoms with Crippen molar-refractivity contribution in [2.24, 2.45) is 5.41 Å². The molecule has 1 aromatic carbocycles. The Morgan fingerprint density at radius 1 is 1.29 bits per heavy atom. The summed E-state index contributed by atoms with van der Waals surface area (Å²) in [6.45, 7) is 4.21. The number of hydrogen-bond donors (Lipinski definition) is 1. The van der Waals surface area contributed by atoms with E-state index in [1.54, 1.807) is 0 Å². The molecule has 1 aliphatic carbocycles. The molecule has 0 saturated heterocycles. The number of hydrogen-bond acceptors (Lipinski definition) is 1. The summed E-state index contributed by atoms with van der Waals surface area (Å²) in [6, 6.07) is 6.68. The van der Waals surface area contributed by atoms with Crippen molar-refractivity contribution < 1.29 is 4.39 Å². The molecule has 76 valence electrons. The Hall–Kier alpha value is -0.890. The summed E-state index contributed by atoms with van der Waals surface area (Å²) < 4.78 is 12.6. The van der Waals surface area contributed by atoms with Gasteiger partial charge in [-0.25, -0.2) is 4.39 Å². The monoisotopic (exact) mass is 193 g/mol. The molecule has 0 spiro atoms. The van der Waals surface area contributed by atoms with Crippen LogP contribution >= 0.6 is 0 Å². The molecule has 1 saturated carbocycles. The van der Waals surface area contributed by atoms with Crippen LogP contribution in [0.4, 0.5) is 4.39 Å². The van der Waals surface area contributed by atoms with Crippen molar-refractivity contribution in [3.63, 3.8) is 0 Å². The maximum Gasteiger partial charge on any atom is 0.123 e. The van der Waals surface area contributed by atoms with Crippen LogP contribution in [-0.2, 0) is 6.54 Å². The first kappa shape index (κ1) is 9.66. The first-order valence-corrected chi connectivity index (χ1v) is 5.13. The number of benzene rings is 1. The van der Waals surface area contributed by atoms with Crippen molar-refractivity contribution in [3.8, 4) is 0 Å². The van der Waals surface area contributed by atoms with E-state index in [2.05, 4.69) is 12.2 Å². The van der Waals surface area contributed by atoms with Gasteiger partial charge in [-0.2, -0.15) is 0 Å². The van der Waals surface area contributed by atoms with Crippen molar-refractivity contribution in [1.29, 1.82) is 0 Å². The largest absolute Gasteiger partial charge is 0.312 e. The molecule has 1 nitrogen and oxygen atoms in total. The summed E-state index contributed by atoms with van der Waals surface area (Å²) in [7, 11) is 0. The SMILES string of the molecule is CC1(CNCc2ccc(F)cc2)CC1. The van der Waals surface area contributed by atoms with Gasteiger partial charge in [0, 0.05) is 13.1 Å². The third-order valence-corrected chi connectivity index (χ3v) is 2.90. The van der Waals surface area contributed by atoms with Gasteiger partial charge in [-0.05, 0) is 36.0 Å². The zero-order valence-electron chi connectivity index (χ0n) is 8.52. The second kappa shape index (κ2) is 3.70. The molecule has 0 bridgehead atoms. The lowest BCUT2D eigenvalue weighted by Gasteiger charge is -2.09. The predicted molar refractivity (Wildman–Crippen MR) is 55.4 cm³/mol. The Morgan fingerprint density at radius 2 is 1.93 bits per heavy atom. The average molecular weight is 193 g/mol. The molecule has 0 unspecified atom stereocenters. The van der Waals surface area contributed by atoms with Crippen LogP contribution in [0.15, 0.2) is 24.3 Å². The maximum atomic E-state index is 12.6. The number of halogens is 1. The lowest BCUT2D eigenvalue weighted by atomic mass is 10.1. The fourth-order valence-electron chi connectivity index (χ4n) is 1.50. The van der Waals surface area contributed by atoms with Crippen LogP contribution in [0.1, 0.15) is 25.3 Å². The van der Waals surface area contributed by atoms with E-state index in [1.807, 2.05) is 12.1 Å². The Balaban J connectivity index is 1.77. The van der Waals surface area contributed by atoms with E-state index in [-0.39, 0.29) is 5.82 Å². The van der Waals surface area contributed by atoms with Crippen LogP contribution in [0, 0.1) is 11.2 Å². The maximum absolute atomic E-state index is 12.6. The molecule has 2 heteroatoms. The molecule has 0 aliphatic heterocycles. The molecular formula is C12H16FN. The Kier molecular flexibility index (Phi) is 2.55. The van der Waals surface area contributed by atoms with Crippen molar-refractivity contribution >= 4 is 0 Å². The van der Waals surface area contributed by atoms with E-state index in [0.717, 1.165) is 18.7 Å². The van der Waals surface area contributed by atoms with Crippen molar-refractivity contribution in [2.75, 3.05) is 6.54 Å². The van der Waals surface area contributed by atoms with Gasteiger partial charge in [0.05, 0.1) is 0 Å². The minimum Gasteiger partial charge on any atom is -0.312 e. The van der Waals surface area contributed by atoms with Gasteiger partial charge in [0.15, 0.2) is 0 Å². The first-order chi connectivity index (χ1) is 6.68. The second-order valence-corrected chi connectivity index (χ2v) is 4.54. The molecule has 1 N–H and O–H groups in total. The molecule has 1 fully saturated rings. The van der Waals surface area contributed by atoms with Gasteiger partial charge < -0.3 is 5.32 Å². The van der Waals surface area contributed by atoms with Crippen molar-refractivity contribution in [2.45, 2.75) is 26.3 Å². The Bertz CT molecular complexity index is 301. The minimum absolute atomic E-state index is 0.164. The second-order valence-electron chi connectivity index (χ2n) is 4.54. The normalized spacial score (nSPS) is 18.1. The molecule has 1 aliphatic rings. The molecule has 0 aromatic heterocycles. The third kappa shape index (κ3) is 2.55. The minimum atomic E-state index is -0.164. The van der Waals surface area contributed by atoms with Crippen LogP contribution in [0.5, 0.6) is 0 Å². The van der Waals surface area contributed by atoms with Gasteiger partial charge in [0.25, 0.3) is 0 Å². The fraction of sp³-hybridized carbons (Fsp3) is 0.500. The highest BCUT2D eigenvalue weighted by molar-refractivity contribution is 5.15. The van der Waals surface area contributed by atoms with Gasteiger partial charge in [-0.3, -0.25) is 0 Å². The quantitative estimate of drug-likeness (QED) is 0.775. The van der Waals surface area contributed by atoms with Crippen LogP contribution in [-0.4, -0.2) is 6.54 Å². The molecule has 0 atom stereocenters. The van der Waals surface area contributed by atoms with Crippen molar-refractivity contribution in [3.05, 3.63) is 35.6 Å². The van der Waals surface area contributed by atoms with Crippen LogP contribution in [0.2, 0.25) is 0 Å². The average Bonchev–Trinajstić information content (AvgIpc) is 2.88. The number of nitrogens with one attached hydrogen (secondary N) is 1. The highest BCUT2D eigenvalue weighted by Crippen LogP contribution is 2.44. The molecule has 0 amide bonds. The molecule has 0 radical (unpaired) electrons. The highest BCUT2D eigenvalue weighted by atomic mass is 19.1. The summed E-state index contributed by atoms with van der Waals surface area (Å²) >= 11 is 0. The summed E-state index contributed by atoms with van der Waals surface area (Å²) in [6.07, 6.45) is 2.67. The van der Waals surface area contributed by atoms with Gasteiger partial charge in [-0.1, -0.05) is 19.1 Å². The smallest absolute Gasteiger partial charge is 0.123 e. The standard InChI is InChI=1S/C12H16FN/c1-12(6-7-12)9-14-8-10-2-4-11(13)5-3-10/h2-5,14H,6-9H2,1H3. The molecular weight excluding hydrogens is 177 g/mol. The highest BCUT2D eigenvalue weighted by Gasteiger charge is 2.36. The van der Waals surface area contributed by atoms with E-state index in [9.17, 15) is 4.39 Å². The van der Waals surface area contributed by atoms with Crippen molar-refractivity contribution in [1.82, 2.24) is 5.32 Å². The third-order valence-electron chi connectivity index (χ3n) is 2.90. The molecule has 2 rings (SSSR count). The summed E-state index contributed by atoms with van der Waals surface area (Å²) in [5, 5.41) is 3.40. The zero-order valence-corrected chi connectivity index (χ0v) is 8.52. The first-order valence-electron chi connectivity index (χ1n) is 5.13. The van der Waals surface area contributed by atoms with E-state index < -0.39 is 0 Å². The van der Waals surface area contributed by atoms with E-state index >= 15 is 0 Å². The van der Waals surface area contributed by atoms with Gasteiger partial charge in [0.1, 0.15) is 5.82 Å². The summed E-state index contributed by atoms with van der Waals surface area (Å²) in [5.74, 6) is -0.164.